The molecule has 0 fully saturated rings. The van der Waals surface area contributed by atoms with Gasteiger partial charge in [0.25, 0.3) is 0 Å². The fourth-order valence-electron chi connectivity index (χ4n) is 1.39. The molecule has 15 heavy (non-hydrogen) atoms. The molecule has 1 aromatic rings. The first kappa shape index (κ1) is 11.9. The third-order valence-corrected chi connectivity index (χ3v) is 2.35. The summed E-state index contributed by atoms with van der Waals surface area (Å²) in [6, 6.07) is 9.66. The average molecular weight is 208 g/mol. The lowest BCUT2D eigenvalue weighted by Gasteiger charge is -2.14. The van der Waals surface area contributed by atoms with Crippen LogP contribution in [0.15, 0.2) is 30.3 Å². The lowest BCUT2D eigenvalue weighted by atomic mass is 10.0. The number of carbonyl (C=O) groups excluding carboxylic acids is 1. The Morgan fingerprint density at radius 3 is 2.40 bits per heavy atom. The Labute approximate surface area is 89.4 Å². The molecule has 0 radical (unpaired) electrons. The van der Waals surface area contributed by atoms with Crippen molar-refractivity contribution in [3.8, 4) is 0 Å². The summed E-state index contributed by atoms with van der Waals surface area (Å²) < 4.78 is 0. The van der Waals surface area contributed by atoms with Gasteiger partial charge in [0, 0.05) is 0 Å². The van der Waals surface area contributed by atoms with E-state index in [0.29, 0.717) is 12.8 Å². The molecule has 3 heteroatoms. The van der Waals surface area contributed by atoms with Crippen molar-refractivity contribution in [2.24, 2.45) is 0 Å². The van der Waals surface area contributed by atoms with Crippen LogP contribution in [0.1, 0.15) is 18.9 Å². The zero-order valence-corrected chi connectivity index (χ0v) is 8.76. The van der Waals surface area contributed by atoms with Gasteiger partial charge in [-0.15, -0.1) is 0 Å². The number of rotatable bonds is 5. The number of hydrogen-bond donors (Lipinski definition) is 2. The SMILES string of the molecule is CC(=O)[C@@H](O)[C@H](O)CCc1ccccc1. The standard InChI is InChI=1S/C12H16O3/c1-9(13)12(15)11(14)8-7-10-5-3-2-4-6-10/h2-6,11-12,14-15H,7-8H2,1H3/t11-,12-/m1/s1. The molecule has 0 heterocycles. The molecule has 0 spiro atoms. The van der Waals surface area contributed by atoms with Crippen molar-refractivity contribution < 1.29 is 15.0 Å². The van der Waals surface area contributed by atoms with Crippen molar-refractivity contribution in [2.75, 3.05) is 0 Å². The zero-order chi connectivity index (χ0) is 11.3. The first-order chi connectivity index (χ1) is 7.11. The minimum atomic E-state index is -1.26. The maximum absolute atomic E-state index is 10.8. The topological polar surface area (TPSA) is 57.5 Å². The van der Waals surface area contributed by atoms with Crippen LogP contribution < -0.4 is 0 Å². The highest BCUT2D eigenvalue weighted by molar-refractivity contribution is 5.80. The number of aliphatic hydroxyl groups excluding tert-OH is 2. The van der Waals surface area contributed by atoms with Crippen LogP contribution in [0.4, 0.5) is 0 Å². The number of carbonyl (C=O) groups is 1. The molecule has 0 aliphatic rings. The molecule has 0 aliphatic carbocycles. The lowest BCUT2D eigenvalue weighted by molar-refractivity contribution is -0.130. The second kappa shape index (κ2) is 5.63. The van der Waals surface area contributed by atoms with Gasteiger partial charge in [-0.05, 0) is 25.3 Å². The third kappa shape index (κ3) is 3.81. The van der Waals surface area contributed by atoms with Crippen molar-refractivity contribution in [1.82, 2.24) is 0 Å². The molecule has 1 rings (SSSR count). The highest BCUT2D eigenvalue weighted by atomic mass is 16.3. The number of Topliss-reactive ketones (excluding diaryl/α,β-unsaturated/α-hetero) is 1. The van der Waals surface area contributed by atoms with Gasteiger partial charge in [-0.25, -0.2) is 0 Å². The Bertz CT molecular complexity index is 308. The molecule has 2 atom stereocenters. The first-order valence-electron chi connectivity index (χ1n) is 5.02. The van der Waals surface area contributed by atoms with E-state index in [1.54, 1.807) is 0 Å². The van der Waals surface area contributed by atoms with Crippen molar-refractivity contribution in [1.29, 1.82) is 0 Å². The highest BCUT2D eigenvalue weighted by Crippen LogP contribution is 2.07. The van der Waals surface area contributed by atoms with Crippen LogP contribution in [0.5, 0.6) is 0 Å². The Morgan fingerprint density at radius 1 is 1.27 bits per heavy atom. The van der Waals surface area contributed by atoms with E-state index in [1.165, 1.54) is 6.92 Å². The fraction of sp³-hybridized carbons (Fsp3) is 0.417. The van der Waals surface area contributed by atoms with E-state index < -0.39 is 18.0 Å². The van der Waals surface area contributed by atoms with Gasteiger partial charge in [0.1, 0.15) is 6.10 Å². The summed E-state index contributed by atoms with van der Waals surface area (Å²) >= 11 is 0. The van der Waals surface area contributed by atoms with Crippen LogP contribution in [0.2, 0.25) is 0 Å². The molecule has 0 aliphatic heterocycles. The van der Waals surface area contributed by atoms with Gasteiger partial charge in [-0.2, -0.15) is 0 Å². The smallest absolute Gasteiger partial charge is 0.160 e. The minimum Gasteiger partial charge on any atom is -0.390 e. The van der Waals surface area contributed by atoms with E-state index in [1.807, 2.05) is 30.3 Å². The Morgan fingerprint density at radius 2 is 1.87 bits per heavy atom. The molecule has 0 bridgehead atoms. The average Bonchev–Trinajstić information content (AvgIpc) is 2.26. The lowest BCUT2D eigenvalue weighted by Crippen LogP contribution is -2.32. The van der Waals surface area contributed by atoms with E-state index in [9.17, 15) is 15.0 Å². The summed E-state index contributed by atoms with van der Waals surface area (Å²) in [5, 5.41) is 18.8. The number of aryl methyl sites for hydroxylation is 1. The van der Waals surface area contributed by atoms with E-state index in [0.717, 1.165) is 5.56 Å². The van der Waals surface area contributed by atoms with E-state index in [-0.39, 0.29) is 0 Å². The van der Waals surface area contributed by atoms with Gasteiger partial charge in [-0.3, -0.25) is 4.79 Å². The van der Waals surface area contributed by atoms with Crippen LogP contribution in [0.3, 0.4) is 0 Å². The first-order valence-corrected chi connectivity index (χ1v) is 5.02. The predicted octanol–water partition coefficient (Wildman–Crippen LogP) is 0.930. The molecule has 0 saturated heterocycles. The van der Waals surface area contributed by atoms with E-state index in [2.05, 4.69) is 0 Å². The highest BCUT2D eigenvalue weighted by Gasteiger charge is 2.19. The normalized spacial score (nSPS) is 14.6. The van der Waals surface area contributed by atoms with Gasteiger partial charge >= 0.3 is 0 Å². The molecule has 3 nitrogen and oxygen atoms in total. The summed E-state index contributed by atoms with van der Waals surface area (Å²) in [4.78, 5) is 10.8. The molecular weight excluding hydrogens is 192 g/mol. The Hall–Kier alpha value is -1.19. The number of aliphatic hydroxyl groups is 2. The second-order valence-corrected chi connectivity index (χ2v) is 3.65. The molecule has 0 amide bonds. The summed E-state index contributed by atoms with van der Waals surface area (Å²) in [7, 11) is 0. The van der Waals surface area contributed by atoms with Crippen LogP contribution in [-0.2, 0) is 11.2 Å². The van der Waals surface area contributed by atoms with Crippen LogP contribution in [-0.4, -0.2) is 28.2 Å². The third-order valence-electron chi connectivity index (χ3n) is 2.35. The summed E-state index contributed by atoms with van der Waals surface area (Å²) in [5.41, 5.74) is 1.09. The largest absolute Gasteiger partial charge is 0.390 e. The minimum absolute atomic E-state index is 0.393. The van der Waals surface area contributed by atoms with Gasteiger partial charge in [0.2, 0.25) is 0 Å². The fourth-order valence-corrected chi connectivity index (χ4v) is 1.39. The number of hydrogen-bond acceptors (Lipinski definition) is 3. The number of ketones is 1. The van der Waals surface area contributed by atoms with Crippen LogP contribution >= 0.6 is 0 Å². The van der Waals surface area contributed by atoms with Gasteiger partial charge < -0.3 is 10.2 Å². The maximum atomic E-state index is 10.8. The van der Waals surface area contributed by atoms with Crippen LogP contribution in [0, 0.1) is 0 Å². The van der Waals surface area contributed by atoms with Crippen molar-refractivity contribution >= 4 is 5.78 Å². The molecular formula is C12H16O3. The maximum Gasteiger partial charge on any atom is 0.160 e. The summed E-state index contributed by atoms with van der Waals surface area (Å²) in [6.07, 6.45) is -1.17. The quantitative estimate of drug-likeness (QED) is 0.756. The Balaban J connectivity index is 2.41. The van der Waals surface area contributed by atoms with Crippen molar-refractivity contribution in [3.05, 3.63) is 35.9 Å². The van der Waals surface area contributed by atoms with Gasteiger partial charge in [-0.1, -0.05) is 30.3 Å². The number of benzene rings is 1. The predicted molar refractivity (Wildman–Crippen MR) is 57.5 cm³/mol. The van der Waals surface area contributed by atoms with Crippen LogP contribution in [0.25, 0.3) is 0 Å². The molecule has 0 unspecified atom stereocenters. The summed E-state index contributed by atoms with van der Waals surface area (Å²) in [5.74, 6) is -0.393. The van der Waals surface area contributed by atoms with Gasteiger partial charge in [0.05, 0.1) is 6.10 Å². The zero-order valence-electron chi connectivity index (χ0n) is 8.76. The van der Waals surface area contributed by atoms with Crippen molar-refractivity contribution in [2.45, 2.75) is 32.0 Å². The molecule has 0 aromatic heterocycles. The molecule has 82 valence electrons. The summed E-state index contributed by atoms with van der Waals surface area (Å²) in [6.45, 7) is 1.27. The monoisotopic (exact) mass is 208 g/mol. The van der Waals surface area contributed by atoms with E-state index in [4.69, 9.17) is 0 Å². The second-order valence-electron chi connectivity index (χ2n) is 3.65. The van der Waals surface area contributed by atoms with Crippen molar-refractivity contribution in [3.63, 3.8) is 0 Å². The molecule has 1 aromatic carbocycles. The van der Waals surface area contributed by atoms with E-state index >= 15 is 0 Å². The molecule has 0 saturated carbocycles. The Kier molecular flexibility index (Phi) is 4.46. The van der Waals surface area contributed by atoms with Gasteiger partial charge in [0.15, 0.2) is 5.78 Å². The molecule has 2 N–H and O–H groups in total.